The maximum Gasteiger partial charge on any atom is 0.227 e. The lowest BCUT2D eigenvalue weighted by molar-refractivity contribution is -0.117. The molecule has 1 saturated heterocycles. The van der Waals surface area contributed by atoms with Crippen molar-refractivity contribution < 1.29 is 4.79 Å². The van der Waals surface area contributed by atoms with Crippen LogP contribution < -0.4 is 10.2 Å². The molecule has 90 valence electrons. The van der Waals surface area contributed by atoms with E-state index in [9.17, 15) is 4.79 Å². The second-order valence-electron chi connectivity index (χ2n) is 5.02. The van der Waals surface area contributed by atoms with Crippen molar-refractivity contribution in [2.75, 3.05) is 23.3 Å². The van der Waals surface area contributed by atoms with E-state index in [1.807, 2.05) is 17.0 Å². The SMILES string of the molecule is O=C1CCCN1c1ccc(NCC2CC2)cc1. The van der Waals surface area contributed by atoms with Gasteiger partial charge in [0, 0.05) is 30.9 Å². The lowest BCUT2D eigenvalue weighted by atomic mass is 10.2. The minimum Gasteiger partial charge on any atom is -0.385 e. The average molecular weight is 230 g/mol. The number of nitrogens with one attached hydrogen (secondary N) is 1. The molecule has 1 saturated carbocycles. The molecular weight excluding hydrogens is 212 g/mol. The molecule has 1 aliphatic carbocycles. The molecule has 0 bridgehead atoms. The number of hydrogen-bond donors (Lipinski definition) is 1. The van der Waals surface area contributed by atoms with Gasteiger partial charge in [-0.05, 0) is 49.4 Å². The molecule has 17 heavy (non-hydrogen) atoms. The lowest BCUT2D eigenvalue weighted by Crippen LogP contribution is -2.23. The lowest BCUT2D eigenvalue weighted by Gasteiger charge is -2.16. The third-order valence-corrected chi connectivity index (χ3v) is 3.54. The predicted molar refractivity (Wildman–Crippen MR) is 69.2 cm³/mol. The highest BCUT2D eigenvalue weighted by Crippen LogP contribution is 2.29. The first-order chi connectivity index (χ1) is 8.33. The van der Waals surface area contributed by atoms with Gasteiger partial charge in [0.15, 0.2) is 0 Å². The zero-order valence-electron chi connectivity index (χ0n) is 9.98. The molecule has 1 heterocycles. The minimum atomic E-state index is 0.253. The summed E-state index contributed by atoms with van der Waals surface area (Å²) >= 11 is 0. The van der Waals surface area contributed by atoms with Gasteiger partial charge in [-0.1, -0.05) is 0 Å². The van der Waals surface area contributed by atoms with E-state index in [0.29, 0.717) is 6.42 Å². The Morgan fingerprint density at radius 2 is 2.00 bits per heavy atom. The molecule has 1 aromatic rings. The van der Waals surface area contributed by atoms with Crippen molar-refractivity contribution in [1.82, 2.24) is 0 Å². The van der Waals surface area contributed by atoms with Gasteiger partial charge >= 0.3 is 0 Å². The summed E-state index contributed by atoms with van der Waals surface area (Å²) < 4.78 is 0. The van der Waals surface area contributed by atoms with E-state index >= 15 is 0 Å². The topological polar surface area (TPSA) is 32.3 Å². The molecule has 0 radical (unpaired) electrons. The Labute approximate surface area is 102 Å². The molecule has 1 amide bonds. The van der Waals surface area contributed by atoms with Crippen LogP contribution in [0.15, 0.2) is 24.3 Å². The number of hydrogen-bond acceptors (Lipinski definition) is 2. The van der Waals surface area contributed by atoms with Crippen LogP contribution in [0.1, 0.15) is 25.7 Å². The second kappa shape index (κ2) is 4.40. The highest BCUT2D eigenvalue weighted by molar-refractivity contribution is 5.95. The summed E-state index contributed by atoms with van der Waals surface area (Å²) in [4.78, 5) is 13.5. The van der Waals surface area contributed by atoms with Crippen molar-refractivity contribution in [1.29, 1.82) is 0 Å². The quantitative estimate of drug-likeness (QED) is 0.862. The molecule has 3 nitrogen and oxygen atoms in total. The summed E-state index contributed by atoms with van der Waals surface area (Å²) in [5, 5.41) is 3.43. The summed E-state index contributed by atoms with van der Waals surface area (Å²) in [5.41, 5.74) is 2.19. The molecule has 1 aromatic carbocycles. The number of anilines is 2. The van der Waals surface area contributed by atoms with Gasteiger partial charge in [-0.3, -0.25) is 4.79 Å². The summed E-state index contributed by atoms with van der Waals surface area (Å²) in [6.45, 7) is 1.95. The number of carbonyl (C=O) groups excluding carboxylic acids is 1. The third kappa shape index (κ3) is 2.43. The van der Waals surface area contributed by atoms with E-state index in [2.05, 4.69) is 17.4 Å². The van der Waals surface area contributed by atoms with Crippen molar-refractivity contribution in [3.8, 4) is 0 Å². The number of rotatable bonds is 4. The summed E-state index contributed by atoms with van der Waals surface area (Å²) in [5.74, 6) is 1.14. The first-order valence-corrected chi connectivity index (χ1v) is 6.47. The molecule has 0 aromatic heterocycles. The molecule has 0 unspecified atom stereocenters. The Bertz CT molecular complexity index is 409. The van der Waals surface area contributed by atoms with E-state index < -0.39 is 0 Å². The van der Waals surface area contributed by atoms with Crippen LogP contribution in [0.3, 0.4) is 0 Å². The molecule has 2 fully saturated rings. The highest BCUT2D eigenvalue weighted by atomic mass is 16.2. The molecular formula is C14H18N2O. The van der Waals surface area contributed by atoms with Gasteiger partial charge in [0.2, 0.25) is 5.91 Å². The van der Waals surface area contributed by atoms with Crippen LogP contribution in [-0.4, -0.2) is 19.0 Å². The van der Waals surface area contributed by atoms with Crippen LogP contribution in [0.25, 0.3) is 0 Å². The van der Waals surface area contributed by atoms with Crippen molar-refractivity contribution in [3.63, 3.8) is 0 Å². The van der Waals surface area contributed by atoms with Crippen LogP contribution in [0.2, 0.25) is 0 Å². The van der Waals surface area contributed by atoms with Crippen molar-refractivity contribution >= 4 is 17.3 Å². The van der Waals surface area contributed by atoms with Crippen LogP contribution in [0.4, 0.5) is 11.4 Å². The van der Waals surface area contributed by atoms with Crippen molar-refractivity contribution in [3.05, 3.63) is 24.3 Å². The van der Waals surface area contributed by atoms with E-state index in [1.54, 1.807) is 0 Å². The fourth-order valence-electron chi connectivity index (χ4n) is 2.26. The monoisotopic (exact) mass is 230 g/mol. The normalized spacial score (nSPS) is 19.8. The maximum absolute atomic E-state index is 11.6. The molecule has 2 aliphatic rings. The van der Waals surface area contributed by atoms with Gasteiger partial charge in [0.05, 0.1) is 0 Å². The number of amides is 1. The minimum absolute atomic E-state index is 0.253. The zero-order valence-corrected chi connectivity index (χ0v) is 9.98. The van der Waals surface area contributed by atoms with Crippen molar-refractivity contribution in [2.24, 2.45) is 5.92 Å². The molecule has 3 rings (SSSR count). The van der Waals surface area contributed by atoms with Crippen LogP contribution in [-0.2, 0) is 4.79 Å². The predicted octanol–water partition coefficient (Wildman–Crippen LogP) is 2.64. The van der Waals surface area contributed by atoms with E-state index in [4.69, 9.17) is 0 Å². The summed E-state index contributed by atoms with van der Waals surface area (Å²) in [6, 6.07) is 8.23. The Kier molecular flexibility index (Phi) is 2.75. The van der Waals surface area contributed by atoms with Gasteiger partial charge < -0.3 is 10.2 Å². The van der Waals surface area contributed by atoms with E-state index in [-0.39, 0.29) is 5.91 Å². The fraction of sp³-hybridized carbons (Fsp3) is 0.500. The van der Waals surface area contributed by atoms with Gasteiger partial charge in [-0.15, -0.1) is 0 Å². The molecule has 0 spiro atoms. The first kappa shape index (κ1) is 10.6. The summed E-state index contributed by atoms with van der Waals surface area (Å²) in [6.07, 6.45) is 4.42. The van der Waals surface area contributed by atoms with Crippen LogP contribution in [0.5, 0.6) is 0 Å². The van der Waals surface area contributed by atoms with Gasteiger partial charge in [-0.25, -0.2) is 0 Å². The maximum atomic E-state index is 11.6. The third-order valence-electron chi connectivity index (χ3n) is 3.54. The Morgan fingerprint density at radius 3 is 2.59 bits per heavy atom. The largest absolute Gasteiger partial charge is 0.385 e. The summed E-state index contributed by atoms with van der Waals surface area (Å²) in [7, 11) is 0. The smallest absolute Gasteiger partial charge is 0.227 e. The van der Waals surface area contributed by atoms with Gasteiger partial charge in [-0.2, -0.15) is 0 Å². The highest BCUT2D eigenvalue weighted by Gasteiger charge is 2.22. The van der Waals surface area contributed by atoms with Gasteiger partial charge in [0.25, 0.3) is 0 Å². The molecule has 0 atom stereocenters. The molecule has 3 heteroatoms. The Hall–Kier alpha value is -1.51. The van der Waals surface area contributed by atoms with Crippen LogP contribution >= 0.6 is 0 Å². The molecule has 1 N–H and O–H groups in total. The second-order valence-corrected chi connectivity index (χ2v) is 5.02. The Balaban J connectivity index is 1.64. The van der Waals surface area contributed by atoms with Gasteiger partial charge in [0.1, 0.15) is 0 Å². The number of carbonyl (C=O) groups is 1. The number of nitrogens with zero attached hydrogens (tertiary/aromatic N) is 1. The fourth-order valence-corrected chi connectivity index (χ4v) is 2.26. The first-order valence-electron chi connectivity index (χ1n) is 6.47. The zero-order chi connectivity index (χ0) is 11.7. The average Bonchev–Trinajstić information content (AvgIpc) is 3.09. The number of benzene rings is 1. The standard InChI is InChI=1S/C14H18N2O/c17-14-2-1-9-16(14)13-7-5-12(6-8-13)15-10-11-3-4-11/h5-8,11,15H,1-4,9-10H2. The van der Waals surface area contributed by atoms with Crippen LogP contribution in [0, 0.1) is 5.92 Å². The molecule has 1 aliphatic heterocycles. The van der Waals surface area contributed by atoms with Crippen molar-refractivity contribution in [2.45, 2.75) is 25.7 Å². The van der Waals surface area contributed by atoms with E-state index in [1.165, 1.54) is 12.8 Å². The Morgan fingerprint density at radius 1 is 1.24 bits per heavy atom. The van der Waals surface area contributed by atoms with E-state index in [0.717, 1.165) is 36.8 Å².